The molecule has 114 valence electrons. The van der Waals surface area contributed by atoms with Crippen LogP contribution in [0.3, 0.4) is 0 Å². The maximum absolute atomic E-state index is 14.4. The fourth-order valence-corrected chi connectivity index (χ4v) is 3.24. The van der Waals surface area contributed by atoms with Crippen molar-refractivity contribution in [3.63, 3.8) is 0 Å². The minimum Gasteiger partial charge on any atom is -0.308 e. The van der Waals surface area contributed by atoms with E-state index >= 15 is 0 Å². The second-order valence-corrected chi connectivity index (χ2v) is 6.84. The average Bonchev–Trinajstić information content (AvgIpc) is 2.88. The summed E-state index contributed by atoms with van der Waals surface area (Å²) in [5, 5.41) is 7.14. The van der Waals surface area contributed by atoms with Crippen LogP contribution in [0.25, 0.3) is 0 Å². The summed E-state index contributed by atoms with van der Waals surface area (Å²) >= 11 is 1.17. The molecule has 2 aromatic rings. The van der Waals surface area contributed by atoms with Crippen LogP contribution in [-0.4, -0.2) is 16.6 Å². The molecule has 1 unspecified atom stereocenters. The third kappa shape index (κ3) is 2.96. The molecule has 0 aliphatic heterocycles. The van der Waals surface area contributed by atoms with E-state index in [4.69, 9.17) is 0 Å². The standard InChI is InChI=1S/C15H19F2N3S/c1-8-6-7-9(16)10(11(8)17)12(18-5)13-14(15(2,3)4)19-20-21-13/h6-7,12,18H,1-5H3. The molecule has 1 aromatic heterocycles. The molecule has 3 nitrogen and oxygen atoms in total. The molecular weight excluding hydrogens is 292 g/mol. The Kier molecular flexibility index (Phi) is 4.39. The molecule has 0 radical (unpaired) electrons. The van der Waals surface area contributed by atoms with Gasteiger partial charge in [0.05, 0.1) is 16.6 Å². The first-order chi connectivity index (χ1) is 9.77. The van der Waals surface area contributed by atoms with Gasteiger partial charge in [-0.05, 0) is 37.1 Å². The molecule has 0 spiro atoms. The summed E-state index contributed by atoms with van der Waals surface area (Å²) in [6.45, 7) is 7.63. The van der Waals surface area contributed by atoms with Crippen LogP contribution in [0, 0.1) is 18.6 Å². The van der Waals surface area contributed by atoms with E-state index in [9.17, 15) is 8.78 Å². The van der Waals surface area contributed by atoms with Crippen molar-refractivity contribution in [2.24, 2.45) is 0 Å². The van der Waals surface area contributed by atoms with Gasteiger partial charge >= 0.3 is 0 Å². The molecule has 2 rings (SSSR count). The summed E-state index contributed by atoms with van der Waals surface area (Å²) in [6, 6.07) is 2.14. The SMILES string of the molecule is CNC(c1snnc1C(C)(C)C)c1c(F)ccc(C)c1F. The lowest BCUT2D eigenvalue weighted by atomic mass is 9.88. The number of benzene rings is 1. The Balaban J connectivity index is 2.62. The van der Waals surface area contributed by atoms with E-state index in [0.29, 0.717) is 5.56 Å². The molecule has 0 saturated carbocycles. The second kappa shape index (κ2) is 5.77. The van der Waals surface area contributed by atoms with Gasteiger partial charge in [0.15, 0.2) is 0 Å². The van der Waals surface area contributed by atoms with Crippen LogP contribution in [0.5, 0.6) is 0 Å². The van der Waals surface area contributed by atoms with Gasteiger partial charge in [0.25, 0.3) is 0 Å². The summed E-state index contributed by atoms with van der Waals surface area (Å²) in [7, 11) is 1.68. The van der Waals surface area contributed by atoms with E-state index in [0.717, 1.165) is 10.6 Å². The predicted octanol–water partition coefficient (Wildman–Crippen LogP) is 3.73. The summed E-state index contributed by atoms with van der Waals surface area (Å²) in [5.74, 6) is -1.09. The molecule has 0 amide bonds. The molecule has 1 aromatic carbocycles. The Morgan fingerprint density at radius 1 is 1.24 bits per heavy atom. The second-order valence-electron chi connectivity index (χ2n) is 6.05. The quantitative estimate of drug-likeness (QED) is 0.938. The predicted molar refractivity (Wildman–Crippen MR) is 80.6 cm³/mol. The zero-order valence-corrected chi connectivity index (χ0v) is 13.6. The van der Waals surface area contributed by atoms with Crippen molar-refractivity contribution < 1.29 is 8.78 Å². The van der Waals surface area contributed by atoms with Crippen molar-refractivity contribution in [2.45, 2.75) is 39.2 Å². The van der Waals surface area contributed by atoms with Gasteiger partial charge in [0, 0.05) is 11.0 Å². The van der Waals surface area contributed by atoms with Gasteiger partial charge in [-0.1, -0.05) is 31.3 Å². The number of hydrogen-bond acceptors (Lipinski definition) is 4. The van der Waals surface area contributed by atoms with Gasteiger partial charge in [-0.3, -0.25) is 0 Å². The molecule has 21 heavy (non-hydrogen) atoms. The highest BCUT2D eigenvalue weighted by Crippen LogP contribution is 2.35. The number of nitrogens with one attached hydrogen (secondary N) is 1. The van der Waals surface area contributed by atoms with Crippen LogP contribution in [0.1, 0.15) is 48.5 Å². The highest BCUT2D eigenvalue weighted by atomic mass is 32.1. The van der Waals surface area contributed by atoms with Gasteiger partial charge in [-0.15, -0.1) is 5.10 Å². The van der Waals surface area contributed by atoms with Gasteiger partial charge in [0.1, 0.15) is 11.6 Å². The Bertz CT molecular complexity index is 647. The Morgan fingerprint density at radius 2 is 1.90 bits per heavy atom. The van der Waals surface area contributed by atoms with Crippen molar-refractivity contribution >= 4 is 11.5 Å². The number of halogens is 2. The zero-order chi connectivity index (χ0) is 15.8. The monoisotopic (exact) mass is 311 g/mol. The van der Waals surface area contributed by atoms with Gasteiger partial charge in [-0.25, -0.2) is 8.78 Å². The van der Waals surface area contributed by atoms with Gasteiger partial charge in [0.2, 0.25) is 0 Å². The summed E-state index contributed by atoms with van der Waals surface area (Å²) in [4.78, 5) is 0.744. The lowest BCUT2D eigenvalue weighted by Crippen LogP contribution is -2.24. The number of aryl methyl sites for hydroxylation is 1. The van der Waals surface area contributed by atoms with Crippen LogP contribution in [0.2, 0.25) is 0 Å². The van der Waals surface area contributed by atoms with E-state index in [1.165, 1.54) is 23.7 Å². The molecule has 0 aliphatic carbocycles. The highest BCUT2D eigenvalue weighted by molar-refractivity contribution is 7.05. The fourth-order valence-electron chi connectivity index (χ4n) is 2.26. The molecular formula is C15H19F2N3S. The van der Waals surface area contributed by atoms with Crippen LogP contribution in [-0.2, 0) is 5.41 Å². The molecule has 0 bridgehead atoms. The lowest BCUT2D eigenvalue weighted by molar-refractivity contribution is 0.507. The fraction of sp³-hybridized carbons (Fsp3) is 0.467. The number of rotatable bonds is 3. The maximum atomic E-state index is 14.4. The third-order valence-electron chi connectivity index (χ3n) is 3.38. The summed E-state index contributed by atoms with van der Waals surface area (Å²) in [5.41, 5.74) is 0.955. The molecule has 1 N–H and O–H groups in total. The van der Waals surface area contributed by atoms with E-state index in [-0.39, 0.29) is 11.0 Å². The topological polar surface area (TPSA) is 37.8 Å². The van der Waals surface area contributed by atoms with E-state index in [1.807, 2.05) is 20.8 Å². The molecule has 0 fully saturated rings. The normalized spacial score (nSPS) is 13.5. The molecule has 1 heterocycles. The largest absolute Gasteiger partial charge is 0.308 e. The van der Waals surface area contributed by atoms with Crippen molar-refractivity contribution in [2.75, 3.05) is 7.05 Å². The molecule has 0 saturated heterocycles. The van der Waals surface area contributed by atoms with E-state index in [2.05, 4.69) is 14.9 Å². The van der Waals surface area contributed by atoms with Crippen molar-refractivity contribution in [3.8, 4) is 0 Å². The number of aromatic nitrogens is 2. The van der Waals surface area contributed by atoms with Crippen LogP contribution < -0.4 is 5.32 Å². The smallest absolute Gasteiger partial charge is 0.134 e. The van der Waals surface area contributed by atoms with Crippen molar-refractivity contribution in [1.29, 1.82) is 0 Å². The van der Waals surface area contributed by atoms with Crippen LogP contribution in [0.4, 0.5) is 8.78 Å². The minimum absolute atomic E-state index is 0.0223. The summed E-state index contributed by atoms with van der Waals surface area (Å²) in [6.07, 6.45) is 0. The summed E-state index contributed by atoms with van der Waals surface area (Å²) < 4.78 is 32.5. The maximum Gasteiger partial charge on any atom is 0.134 e. The van der Waals surface area contributed by atoms with E-state index in [1.54, 1.807) is 14.0 Å². The van der Waals surface area contributed by atoms with Crippen molar-refractivity contribution in [3.05, 3.63) is 45.5 Å². The first kappa shape index (κ1) is 16.0. The van der Waals surface area contributed by atoms with Gasteiger partial charge in [-0.2, -0.15) is 0 Å². The van der Waals surface area contributed by atoms with E-state index < -0.39 is 17.7 Å². The zero-order valence-electron chi connectivity index (χ0n) is 12.8. The molecule has 1 atom stereocenters. The Morgan fingerprint density at radius 3 is 2.48 bits per heavy atom. The molecule has 0 aliphatic rings. The van der Waals surface area contributed by atoms with Crippen molar-refractivity contribution in [1.82, 2.24) is 14.9 Å². The third-order valence-corrected chi connectivity index (χ3v) is 4.17. The Labute approximate surface area is 127 Å². The number of nitrogens with zero attached hydrogens (tertiary/aromatic N) is 2. The highest BCUT2D eigenvalue weighted by Gasteiger charge is 2.30. The average molecular weight is 311 g/mol. The van der Waals surface area contributed by atoms with Crippen LogP contribution >= 0.6 is 11.5 Å². The number of hydrogen-bond donors (Lipinski definition) is 1. The van der Waals surface area contributed by atoms with Crippen LogP contribution in [0.15, 0.2) is 12.1 Å². The Hall–Kier alpha value is -1.40. The molecule has 6 heteroatoms. The first-order valence-corrected chi connectivity index (χ1v) is 7.49. The minimum atomic E-state index is -0.598. The lowest BCUT2D eigenvalue weighted by Gasteiger charge is -2.22. The van der Waals surface area contributed by atoms with Gasteiger partial charge < -0.3 is 5.32 Å². The first-order valence-electron chi connectivity index (χ1n) is 6.71.